The highest BCUT2D eigenvalue weighted by atomic mass is 19.1. The average molecular weight is 555 g/mol. The summed E-state index contributed by atoms with van der Waals surface area (Å²) in [6.45, 7) is 7.05. The standard InChI is InChI=1S/C27H31FN6O6/c1-16(2)40-24(36)26(3)14-38-27(22(29)35,39-15-26)23-32-20(17-4-6-18(28)7-5-17)21(33-23)19-8-9-30-25(31-19)34-10-12-37-13-11-34/h4-9,16H,10-15H2,1-3H3,(H2,29,35)(H,32,33). The van der Waals surface area contributed by atoms with Gasteiger partial charge in [0.05, 0.1) is 49.6 Å². The van der Waals surface area contributed by atoms with Crippen LogP contribution in [0.15, 0.2) is 36.5 Å². The third-order valence-corrected chi connectivity index (χ3v) is 6.67. The van der Waals surface area contributed by atoms with Gasteiger partial charge in [-0.3, -0.25) is 9.59 Å². The number of hydrogen-bond donors (Lipinski definition) is 2. The lowest BCUT2D eigenvalue weighted by Crippen LogP contribution is -2.56. The lowest BCUT2D eigenvalue weighted by Gasteiger charge is -2.40. The fraction of sp³-hybridized carbons (Fsp3) is 0.444. The van der Waals surface area contributed by atoms with Gasteiger partial charge in [0, 0.05) is 24.8 Å². The number of amides is 1. The average Bonchev–Trinajstić information content (AvgIpc) is 3.40. The highest BCUT2D eigenvalue weighted by Gasteiger charge is 2.54. The molecule has 40 heavy (non-hydrogen) atoms. The normalized spacial score (nSPS) is 23.3. The van der Waals surface area contributed by atoms with Gasteiger partial charge >= 0.3 is 11.8 Å². The number of H-pyrrole nitrogens is 1. The van der Waals surface area contributed by atoms with E-state index < -0.39 is 28.9 Å². The van der Waals surface area contributed by atoms with Gasteiger partial charge in [-0.2, -0.15) is 0 Å². The van der Waals surface area contributed by atoms with Crippen molar-refractivity contribution in [3.8, 4) is 22.6 Å². The zero-order valence-electron chi connectivity index (χ0n) is 22.5. The summed E-state index contributed by atoms with van der Waals surface area (Å²) in [5, 5.41) is 0. The van der Waals surface area contributed by atoms with Gasteiger partial charge in [-0.15, -0.1) is 0 Å². The van der Waals surface area contributed by atoms with Gasteiger partial charge in [0.15, 0.2) is 5.82 Å². The topological polar surface area (TPSA) is 155 Å². The third-order valence-electron chi connectivity index (χ3n) is 6.67. The predicted molar refractivity (Wildman–Crippen MR) is 140 cm³/mol. The lowest BCUT2D eigenvalue weighted by molar-refractivity contribution is -0.294. The Bertz CT molecular complexity index is 1380. The van der Waals surface area contributed by atoms with E-state index in [9.17, 15) is 14.0 Å². The number of nitrogens with one attached hydrogen (secondary N) is 1. The van der Waals surface area contributed by atoms with Crippen molar-refractivity contribution in [1.82, 2.24) is 19.9 Å². The van der Waals surface area contributed by atoms with Crippen molar-refractivity contribution < 1.29 is 32.9 Å². The molecule has 2 saturated heterocycles. The molecule has 2 aliphatic rings. The molecule has 2 aromatic heterocycles. The minimum atomic E-state index is -2.12. The van der Waals surface area contributed by atoms with E-state index in [-0.39, 0.29) is 25.1 Å². The Kier molecular flexibility index (Phi) is 7.53. The van der Waals surface area contributed by atoms with Gasteiger partial charge in [0.1, 0.15) is 11.2 Å². The van der Waals surface area contributed by atoms with Crippen LogP contribution in [0.3, 0.4) is 0 Å². The second kappa shape index (κ2) is 10.9. The SMILES string of the molecule is CC(C)OC(=O)C1(C)COC(C(N)=O)(c2nc(-c3ccc(F)cc3)c(-c3ccnc(N4CCOCC4)n3)[nH]2)OC1. The van der Waals surface area contributed by atoms with Crippen LogP contribution in [0, 0.1) is 11.2 Å². The summed E-state index contributed by atoms with van der Waals surface area (Å²) in [6.07, 6.45) is 1.28. The van der Waals surface area contributed by atoms with Crippen LogP contribution >= 0.6 is 0 Å². The molecule has 0 spiro atoms. The van der Waals surface area contributed by atoms with E-state index in [0.717, 1.165) is 0 Å². The van der Waals surface area contributed by atoms with Crippen molar-refractivity contribution in [3.05, 3.63) is 48.2 Å². The third kappa shape index (κ3) is 5.27. The van der Waals surface area contributed by atoms with Crippen LogP contribution in [0.2, 0.25) is 0 Å². The summed E-state index contributed by atoms with van der Waals surface area (Å²) in [5.41, 5.74) is 6.42. The molecule has 0 bridgehead atoms. The summed E-state index contributed by atoms with van der Waals surface area (Å²) in [4.78, 5) is 44.4. The molecule has 2 aliphatic heterocycles. The van der Waals surface area contributed by atoms with E-state index >= 15 is 0 Å². The molecule has 1 amide bonds. The smallest absolute Gasteiger partial charge is 0.316 e. The van der Waals surface area contributed by atoms with Crippen molar-refractivity contribution in [3.63, 3.8) is 0 Å². The minimum absolute atomic E-state index is 0.0415. The number of nitrogens with zero attached hydrogens (tertiary/aromatic N) is 4. The van der Waals surface area contributed by atoms with E-state index in [0.29, 0.717) is 54.9 Å². The van der Waals surface area contributed by atoms with Gasteiger partial charge in [-0.1, -0.05) is 0 Å². The Labute approximate surface area is 230 Å². The zero-order valence-corrected chi connectivity index (χ0v) is 22.5. The quantitative estimate of drug-likeness (QED) is 0.415. The Morgan fingerprint density at radius 3 is 2.40 bits per heavy atom. The largest absolute Gasteiger partial charge is 0.462 e. The first-order valence-electron chi connectivity index (χ1n) is 12.9. The molecule has 4 heterocycles. The first kappa shape index (κ1) is 27.6. The molecule has 13 heteroatoms. The molecular formula is C27H31FN6O6. The molecule has 0 atom stereocenters. The first-order valence-corrected chi connectivity index (χ1v) is 12.9. The predicted octanol–water partition coefficient (Wildman–Crippen LogP) is 2.15. The number of esters is 1. The summed E-state index contributed by atoms with van der Waals surface area (Å²) in [7, 11) is 0. The zero-order chi connectivity index (χ0) is 28.5. The molecule has 0 aliphatic carbocycles. The number of primary amides is 1. The highest BCUT2D eigenvalue weighted by Crippen LogP contribution is 2.39. The molecule has 1 aromatic carbocycles. The number of halogens is 1. The number of carbonyl (C=O) groups excluding carboxylic acids is 2. The second-order valence-electron chi connectivity index (χ2n) is 10.2. The molecule has 3 N–H and O–H groups in total. The van der Waals surface area contributed by atoms with E-state index in [2.05, 4.69) is 15.0 Å². The highest BCUT2D eigenvalue weighted by molar-refractivity contribution is 5.85. The number of morpholine rings is 1. The molecule has 0 saturated carbocycles. The number of carbonyl (C=O) groups is 2. The number of benzene rings is 1. The Balaban J connectivity index is 1.55. The summed E-state index contributed by atoms with van der Waals surface area (Å²) >= 11 is 0. The minimum Gasteiger partial charge on any atom is -0.462 e. The van der Waals surface area contributed by atoms with Crippen LogP contribution in [0.25, 0.3) is 22.6 Å². The van der Waals surface area contributed by atoms with E-state index in [4.69, 9.17) is 29.7 Å². The number of ether oxygens (including phenoxy) is 4. The summed E-state index contributed by atoms with van der Waals surface area (Å²) in [6, 6.07) is 7.40. The van der Waals surface area contributed by atoms with Crippen LogP contribution in [-0.4, -0.2) is 77.4 Å². The van der Waals surface area contributed by atoms with Crippen LogP contribution in [0.4, 0.5) is 10.3 Å². The van der Waals surface area contributed by atoms with Gasteiger partial charge in [0.2, 0.25) is 5.95 Å². The van der Waals surface area contributed by atoms with E-state index in [1.165, 1.54) is 12.1 Å². The number of nitrogens with two attached hydrogens (primary N) is 1. The van der Waals surface area contributed by atoms with Crippen molar-refractivity contribution in [2.75, 3.05) is 44.4 Å². The van der Waals surface area contributed by atoms with Gasteiger partial charge in [-0.25, -0.2) is 19.3 Å². The number of rotatable bonds is 7. The van der Waals surface area contributed by atoms with Crippen LogP contribution in [0.5, 0.6) is 0 Å². The molecule has 0 radical (unpaired) electrons. The van der Waals surface area contributed by atoms with Crippen molar-refractivity contribution in [1.29, 1.82) is 0 Å². The van der Waals surface area contributed by atoms with Crippen molar-refractivity contribution >= 4 is 17.8 Å². The van der Waals surface area contributed by atoms with Crippen molar-refractivity contribution in [2.45, 2.75) is 32.7 Å². The molecule has 212 valence electrons. The van der Waals surface area contributed by atoms with Gasteiger partial charge in [-0.05, 0) is 51.1 Å². The van der Waals surface area contributed by atoms with Gasteiger partial charge in [0.25, 0.3) is 5.91 Å². The number of hydrogen-bond acceptors (Lipinski definition) is 10. The van der Waals surface area contributed by atoms with Gasteiger partial charge < -0.3 is 34.6 Å². The first-order chi connectivity index (χ1) is 19.1. The number of aromatic nitrogens is 4. The summed E-state index contributed by atoms with van der Waals surface area (Å²) in [5.74, 6) is -3.57. The number of imidazole rings is 1. The van der Waals surface area contributed by atoms with E-state index in [1.54, 1.807) is 45.2 Å². The maximum atomic E-state index is 13.8. The molecule has 2 fully saturated rings. The van der Waals surface area contributed by atoms with Crippen LogP contribution < -0.4 is 10.6 Å². The Morgan fingerprint density at radius 2 is 1.77 bits per heavy atom. The van der Waals surface area contributed by atoms with Crippen molar-refractivity contribution in [2.24, 2.45) is 11.1 Å². The van der Waals surface area contributed by atoms with E-state index in [1.807, 2.05) is 4.90 Å². The second-order valence-corrected chi connectivity index (χ2v) is 10.2. The molecule has 12 nitrogen and oxygen atoms in total. The van der Waals surface area contributed by atoms with Crippen LogP contribution in [0.1, 0.15) is 26.6 Å². The molecule has 5 rings (SSSR count). The molecular weight excluding hydrogens is 523 g/mol. The molecule has 0 unspecified atom stereocenters. The summed E-state index contributed by atoms with van der Waals surface area (Å²) < 4.78 is 36.3. The monoisotopic (exact) mass is 554 g/mol. The molecule has 3 aromatic rings. The number of anilines is 1. The fourth-order valence-electron chi connectivity index (χ4n) is 4.41. The Hall–Kier alpha value is -3.94. The maximum Gasteiger partial charge on any atom is 0.316 e. The lowest BCUT2D eigenvalue weighted by atomic mass is 9.91. The fourth-order valence-corrected chi connectivity index (χ4v) is 4.41. The van der Waals surface area contributed by atoms with Crippen LogP contribution in [-0.2, 0) is 34.3 Å². The number of aromatic amines is 1. The maximum absolute atomic E-state index is 13.8. The Morgan fingerprint density at radius 1 is 1.10 bits per heavy atom.